The van der Waals surface area contributed by atoms with Gasteiger partial charge in [0.15, 0.2) is 0 Å². The van der Waals surface area contributed by atoms with Crippen LogP contribution in [0.5, 0.6) is 0 Å². The molecule has 0 atom stereocenters. The second-order valence-electron chi connectivity index (χ2n) is 24.7. The monoisotopic (exact) mass is 1120 g/mol. The topological polar surface area (TPSA) is 44.8 Å². The zero-order valence-electron chi connectivity index (χ0n) is 53.6. The quantitative estimate of drug-likeness (QED) is 0.0960. The Balaban J connectivity index is 1.19. The Morgan fingerprint density at radius 2 is 0.410 bits per heavy atom. The molecule has 9 aromatic carbocycles. The summed E-state index contributed by atoms with van der Waals surface area (Å²) in [6, 6.07) is 40.4. The summed E-state index contributed by atoms with van der Waals surface area (Å²) in [5, 5.41) is 0. The lowest BCUT2D eigenvalue weighted by Gasteiger charge is -2.25. The van der Waals surface area contributed by atoms with Gasteiger partial charge in [0.1, 0.15) is 0 Å². The van der Waals surface area contributed by atoms with Crippen LogP contribution in [0.1, 0.15) is 134 Å². The number of phosphoric ester groups is 1. The van der Waals surface area contributed by atoms with E-state index in [1.54, 1.807) is 0 Å². The van der Waals surface area contributed by atoms with Gasteiger partial charge >= 0.3 is 7.82 Å². The highest BCUT2D eigenvalue weighted by Gasteiger charge is 2.31. The smallest absolute Gasteiger partial charge is 0.282 e. The first kappa shape index (κ1) is 60.7. The number of benzene rings is 9. The van der Waals surface area contributed by atoms with Crippen molar-refractivity contribution in [2.75, 3.05) is 0 Å². The van der Waals surface area contributed by atoms with E-state index < -0.39 is 7.82 Å². The van der Waals surface area contributed by atoms with E-state index in [1.165, 1.54) is 150 Å². The molecule has 0 unspecified atom stereocenters. The molecule has 0 saturated heterocycles. The summed E-state index contributed by atoms with van der Waals surface area (Å²) in [4.78, 5) is 0. The Morgan fingerprint density at radius 3 is 0.590 bits per heavy atom. The van der Waals surface area contributed by atoms with Gasteiger partial charge in [0.05, 0.1) is 19.8 Å². The number of hydrogen-bond donors (Lipinski definition) is 0. The zero-order valence-corrected chi connectivity index (χ0v) is 54.5. The molecule has 0 amide bonds. The molecular formula is C78H87O4P. The summed E-state index contributed by atoms with van der Waals surface area (Å²) >= 11 is 0. The predicted molar refractivity (Wildman–Crippen MR) is 353 cm³/mol. The fraction of sp³-hybridized carbons (Fsp3) is 0.308. The highest BCUT2D eigenvalue weighted by molar-refractivity contribution is 7.48. The molecule has 0 spiro atoms. The van der Waals surface area contributed by atoms with Gasteiger partial charge in [-0.1, -0.05) is 143 Å². The first-order chi connectivity index (χ1) is 39.2. The average Bonchev–Trinajstić information content (AvgIpc) is 3.58. The number of rotatable bonds is 15. The Labute approximate surface area is 498 Å². The van der Waals surface area contributed by atoms with Gasteiger partial charge in [0.2, 0.25) is 0 Å². The highest BCUT2D eigenvalue weighted by atomic mass is 31.2. The minimum atomic E-state index is -4.39. The first-order valence-electron chi connectivity index (χ1n) is 29.6. The molecule has 0 N–H and O–H groups in total. The standard InChI is InChI=1S/C78H87O4P/c1-43-28-49(7)70(50(8)29-43)67-25-22-64(61(19)76(67)73-55(13)34-46(4)35-56(73)14)40-80-83(79,81-41-65-23-26-68(71-51(9)30-44(2)31-52(71)10)77(62(65)20)74-57(15)36-47(5)37-58(74)16)82-42-66-24-27-69(72-53(11)32-45(3)33-54(72)12)78(63(66)21)75-59(17)38-48(6)39-60(75)18/h22-39H,40-42H2,1-21H3. The second-order valence-corrected chi connectivity index (χ2v) is 26.4. The second kappa shape index (κ2) is 24.0. The molecule has 0 bridgehead atoms. The van der Waals surface area contributed by atoms with Gasteiger partial charge in [-0.05, 0) is 312 Å². The molecule has 0 heterocycles. The molecule has 83 heavy (non-hydrogen) atoms. The molecule has 0 aromatic heterocycles. The van der Waals surface area contributed by atoms with Crippen LogP contribution in [0.4, 0.5) is 0 Å². The molecule has 4 nitrogen and oxygen atoms in total. The molecule has 0 aliphatic carbocycles. The van der Waals surface area contributed by atoms with Gasteiger partial charge in [-0.25, -0.2) is 4.57 Å². The maximum absolute atomic E-state index is 16.1. The van der Waals surface area contributed by atoms with E-state index in [2.05, 4.69) is 255 Å². The molecule has 5 heteroatoms. The first-order valence-corrected chi connectivity index (χ1v) is 31.0. The van der Waals surface area contributed by atoms with Crippen molar-refractivity contribution in [3.8, 4) is 66.8 Å². The van der Waals surface area contributed by atoms with Crippen LogP contribution in [-0.4, -0.2) is 0 Å². The van der Waals surface area contributed by atoms with Crippen molar-refractivity contribution in [3.63, 3.8) is 0 Å². The van der Waals surface area contributed by atoms with E-state index in [-0.39, 0.29) is 19.8 Å². The Hall–Kier alpha value is -6.91. The largest absolute Gasteiger partial charge is 0.475 e. The molecule has 0 aliphatic heterocycles. The van der Waals surface area contributed by atoms with E-state index >= 15 is 4.57 Å². The molecule has 0 fully saturated rings. The Kier molecular flexibility index (Phi) is 17.5. The lowest BCUT2D eigenvalue weighted by molar-refractivity contribution is 0.0975. The van der Waals surface area contributed by atoms with Crippen molar-refractivity contribution >= 4 is 7.82 Å². The van der Waals surface area contributed by atoms with Crippen LogP contribution in [0.25, 0.3) is 66.8 Å². The van der Waals surface area contributed by atoms with E-state index in [1.807, 2.05) is 0 Å². The molecule has 0 saturated carbocycles. The van der Waals surface area contributed by atoms with E-state index in [9.17, 15) is 0 Å². The van der Waals surface area contributed by atoms with Gasteiger partial charge in [0.25, 0.3) is 0 Å². The molecular weight excluding hydrogens is 1030 g/mol. The number of hydrogen-bond acceptors (Lipinski definition) is 4. The van der Waals surface area contributed by atoms with Crippen molar-refractivity contribution < 1.29 is 18.1 Å². The predicted octanol–water partition coefficient (Wildman–Crippen LogP) is 22.2. The van der Waals surface area contributed by atoms with E-state index in [0.29, 0.717) is 0 Å². The van der Waals surface area contributed by atoms with Crippen molar-refractivity contribution in [2.45, 2.75) is 165 Å². The van der Waals surface area contributed by atoms with Crippen molar-refractivity contribution in [2.24, 2.45) is 0 Å². The van der Waals surface area contributed by atoms with Gasteiger partial charge in [-0.15, -0.1) is 0 Å². The minimum Gasteiger partial charge on any atom is -0.282 e. The highest BCUT2D eigenvalue weighted by Crippen LogP contribution is 2.54. The van der Waals surface area contributed by atoms with Crippen LogP contribution in [-0.2, 0) is 38.0 Å². The van der Waals surface area contributed by atoms with Crippen LogP contribution in [0.3, 0.4) is 0 Å². The summed E-state index contributed by atoms with van der Waals surface area (Å²) in [5.41, 5.74) is 42.2. The maximum Gasteiger partial charge on any atom is 0.475 e. The number of aryl methyl sites for hydroxylation is 18. The lowest BCUT2D eigenvalue weighted by atomic mass is 9.82. The normalized spacial score (nSPS) is 11.8. The molecule has 0 radical (unpaired) electrons. The minimum absolute atomic E-state index is 0.0000166. The third kappa shape index (κ3) is 12.1. The SMILES string of the molecule is Cc1cc(C)c(-c2ccc(COP(=O)(OCc3ccc(-c4c(C)cc(C)cc4C)c(-c4c(C)cc(C)cc4C)c3C)OCc3ccc(-c4c(C)cc(C)cc4C)c(-c4c(C)cc(C)cc4C)c3C)c(C)c2-c2c(C)cc(C)cc2C)c(C)c1. The van der Waals surface area contributed by atoms with Crippen molar-refractivity contribution in [3.05, 3.63) is 243 Å². The molecule has 0 aliphatic rings. The van der Waals surface area contributed by atoms with E-state index in [4.69, 9.17) is 13.6 Å². The summed E-state index contributed by atoms with van der Waals surface area (Å²) < 4.78 is 36.6. The third-order valence-electron chi connectivity index (χ3n) is 17.5. The van der Waals surface area contributed by atoms with Gasteiger partial charge < -0.3 is 0 Å². The fourth-order valence-electron chi connectivity index (χ4n) is 14.4. The van der Waals surface area contributed by atoms with Crippen LogP contribution in [0, 0.1) is 145 Å². The fourth-order valence-corrected chi connectivity index (χ4v) is 15.5. The van der Waals surface area contributed by atoms with Crippen molar-refractivity contribution in [1.82, 2.24) is 0 Å². The average molecular weight is 1120 g/mol. The third-order valence-corrected chi connectivity index (χ3v) is 18.8. The molecule has 9 aromatic rings. The van der Waals surface area contributed by atoms with Crippen molar-refractivity contribution in [1.29, 1.82) is 0 Å². The van der Waals surface area contributed by atoms with Crippen LogP contribution in [0.2, 0.25) is 0 Å². The van der Waals surface area contributed by atoms with E-state index in [0.717, 1.165) is 50.1 Å². The lowest BCUT2D eigenvalue weighted by Crippen LogP contribution is -2.07. The number of phosphoric acid groups is 1. The summed E-state index contributed by atoms with van der Waals surface area (Å²) in [6.45, 7) is 46.0. The van der Waals surface area contributed by atoms with Crippen LogP contribution >= 0.6 is 7.82 Å². The Bertz CT molecular complexity index is 3570. The van der Waals surface area contributed by atoms with Crippen LogP contribution in [0.15, 0.2) is 109 Å². The van der Waals surface area contributed by atoms with Gasteiger partial charge in [-0.3, -0.25) is 13.6 Å². The zero-order chi connectivity index (χ0) is 60.3. The summed E-state index contributed by atoms with van der Waals surface area (Å²) in [7, 11) is -4.39. The Morgan fingerprint density at radius 1 is 0.241 bits per heavy atom. The molecule has 9 rings (SSSR count). The van der Waals surface area contributed by atoms with Crippen LogP contribution < -0.4 is 0 Å². The maximum atomic E-state index is 16.1. The summed E-state index contributed by atoms with van der Waals surface area (Å²) in [6.07, 6.45) is 0. The van der Waals surface area contributed by atoms with Gasteiger partial charge in [0, 0.05) is 0 Å². The summed E-state index contributed by atoms with van der Waals surface area (Å²) in [5.74, 6) is 0. The molecule has 428 valence electrons. The van der Waals surface area contributed by atoms with Gasteiger partial charge in [-0.2, -0.15) is 0 Å².